The number of piperidine rings is 1. The summed E-state index contributed by atoms with van der Waals surface area (Å²) in [6.07, 6.45) is 4.08. The van der Waals surface area contributed by atoms with E-state index in [1.807, 2.05) is 24.3 Å². The third-order valence-corrected chi connectivity index (χ3v) is 5.18. The van der Waals surface area contributed by atoms with E-state index < -0.39 is 0 Å². The van der Waals surface area contributed by atoms with Gasteiger partial charge < -0.3 is 20.3 Å². The van der Waals surface area contributed by atoms with E-state index in [1.54, 1.807) is 18.0 Å². The van der Waals surface area contributed by atoms with Gasteiger partial charge in [-0.3, -0.25) is 9.59 Å². The zero-order valence-electron chi connectivity index (χ0n) is 16.5. The van der Waals surface area contributed by atoms with Crippen LogP contribution in [-0.4, -0.2) is 54.0 Å². The van der Waals surface area contributed by atoms with Crippen LogP contribution in [0.1, 0.15) is 50.2 Å². The number of likely N-dealkylation sites (tertiary alicyclic amines) is 1. The zero-order valence-corrected chi connectivity index (χ0v) is 17.3. The highest BCUT2D eigenvalue weighted by Crippen LogP contribution is 2.36. The molecule has 158 valence electrons. The van der Waals surface area contributed by atoms with Crippen molar-refractivity contribution in [2.75, 3.05) is 19.7 Å². The molecular formula is C20H27ClN4O4. The first-order chi connectivity index (χ1) is 13.5. The van der Waals surface area contributed by atoms with Crippen molar-refractivity contribution in [3.8, 4) is 0 Å². The van der Waals surface area contributed by atoms with Gasteiger partial charge in [0.25, 0.3) is 0 Å². The number of halogens is 1. The normalized spacial score (nSPS) is 17.6. The predicted octanol–water partition coefficient (Wildman–Crippen LogP) is 2.23. The molecule has 0 bridgehead atoms. The van der Waals surface area contributed by atoms with Gasteiger partial charge in [0.15, 0.2) is 0 Å². The summed E-state index contributed by atoms with van der Waals surface area (Å²) in [4.78, 5) is 31.3. The third-order valence-electron chi connectivity index (χ3n) is 5.18. The average molecular weight is 423 g/mol. The Hall–Kier alpha value is -2.61. The van der Waals surface area contributed by atoms with Gasteiger partial charge >= 0.3 is 5.97 Å². The Bertz CT molecular complexity index is 771. The Morgan fingerprint density at radius 2 is 1.97 bits per heavy atom. The molecule has 9 heteroatoms. The number of rotatable bonds is 6. The third kappa shape index (κ3) is 5.69. The summed E-state index contributed by atoms with van der Waals surface area (Å²) < 4.78 is 4.87. The molecule has 1 spiro atoms. The van der Waals surface area contributed by atoms with Crippen molar-refractivity contribution in [1.29, 1.82) is 0 Å². The molecule has 1 fully saturated rings. The molecule has 2 heterocycles. The monoisotopic (exact) mass is 422 g/mol. The second-order valence-corrected chi connectivity index (χ2v) is 7.08. The molecule has 0 aliphatic carbocycles. The Morgan fingerprint density at radius 3 is 2.59 bits per heavy atom. The van der Waals surface area contributed by atoms with Gasteiger partial charge in [0, 0.05) is 38.8 Å². The van der Waals surface area contributed by atoms with Crippen LogP contribution in [0.4, 0.5) is 0 Å². The van der Waals surface area contributed by atoms with Crippen molar-refractivity contribution in [2.45, 2.75) is 44.6 Å². The number of nitrogens with two attached hydrogens (primary N) is 1. The minimum Gasteiger partial charge on any atom is -0.466 e. The molecule has 2 aliphatic heterocycles. The van der Waals surface area contributed by atoms with E-state index in [0.717, 1.165) is 36.1 Å². The number of nitrogens with zero attached hydrogens (tertiary/aromatic N) is 3. The highest BCUT2D eigenvalue weighted by molar-refractivity contribution is 6.02. The fraction of sp³-hybridized carbons (Fsp3) is 0.500. The van der Waals surface area contributed by atoms with Gasteiger partial charge in [-0.15, -0.1) is 12.4 Å². The van der Waals surface area contributed by atoms with Gasteiger partial charge in [0.05, 0.1) is 25.0 Å². The molecule has 1 amide bonds. The first-order valence-corrected chi connectivity index (χ1v) is 9.57. The van der Waals surface area contributed by atoms with Crippen LogP contribution in [0.25, 0.3) is 0 Å². The number of esters is 1. The average Bonchev–Trinajstić information content (AvgIpc) is 3.11. The van der Waals surface area contributed by atoms with Crippen LogP contribution in [0, 0.1) is 0 Å². The topological polar surface area (TPSA) is 107 Å². The zero-order chi connectivity index (χ0) is 20.0. The van der Waals surface area contributed by atoms with Crippen LogP contribution in [0.2, 0.25) is 0 Å². The van der Waals surface area contributed by atoms with Crippen molar-refractivity contribution < 1.29 is 19.2 Å². The molecule has 1 aromatic carbocycles. The minimum atomic E-state index is -0.343. The number of hydrogen-bond acceptors (Lipinski definition) is 7. The maximum Gasteiger partial charge on any atom is 0.306 e. The number of benzene rings is 1. The standard InChI is InChI=1S/C20H26N4O4.ClH/c1-2-27-19(26)8-7-18(25)24-11-9-20(10-12-24)13-17(23-28-20)16-5-3-15(4-6-16)14-22-21;/h3-6,14H,2,7-13,21H2,1H3;1H. The number of hydrazone groups is 1. The van der Waals surface area contributed by atoms with Gasteiger partial charge in [-0.05, 0) is 18.1 Å². The summed E-state index contributed by atoms with van der Waals surface area (Å²) in [5, 5.41) is 7.82. The lowest BCUT2D eigenvalue weighted by Crippen LogP contribution is -2.46. The number of ether oxygens (including phenoxy) is 1. The second-order valence-electron chi connectivity index (χ2n) is 7.08. The lowest BCUT2D eigenvalue weighted by molar-refractivity contribution is -0.147. The smallest absolute Gasteiger partial charge is 0.306 e. The van der Waals surface area contributed by atoms with E-state index in [1.165, 1.54) is 0 Å². The molecule has 2 N–H and O–H groups in total. The number of hydrogen-bond donors (Lipinski definition) is 1. The van der Waals surface area contributed by atoms with E-state index >= 15 is 0 Å². The van der Waals surface area contributed by atoms with Gasteiger partial charge in [-0.25, -0.2) is 0 Å². The molecule has 0 aromatic heterocycles. The van der Waals surface area contributed by atoms with E-state index in [4.69, 9.17) is 15.4 Å². The van der Waals surface area contributed by atoms with Gasteiger partial charge in [0.1, 0.15) is 5.60 Å². The van der Waals surface area contributed by atoms with Crippen molar-refractivity contribution in [2.24, 2.45) is 16.1 Å². The first-order valence-electron chi connectivity index (χ1n) is 9.57. The summed E-state index contributed by atoms with van der Waals surface area (Å²) in [6.45, 7) is 3.31. The summed E-state index contributed by atoms with van der Waals surface area (Å²) in [7, 11) is 0. The fourth-order valence-electron chi connectivity index (χ4n) is 3.56. The fourth-order valence-corrected chi connectivity index (χ4v) is 3.56. The van der Waals surface area contributed by atoms with Gasteiger partial charge in [-0.2, -0.15) is 5.10 Å². The Kier molecular flexibility index (Phi) is 8.01. The van der Waals surface area contributed by atoms with Crippen LogP contribution >= 0.6 is 12.4 Å². The number of carbonyl (C=O) groups is 2. The number of oxime groups is 1. The van der Waals surface area contributed by atoms with Crippen LogP contribution in [0.5, 0.6) is 0 Å². The number of amides is 1. The molecule has 0 unspecified atom stereocenters. The Balaban J connectivity index is 0.00000300. The van der Waals surface area contributed by atoms with Crippen molar-refractivity contribution in [3.05, 3.63) is 35.4 Å². The molecule has 29 heavy (non-hydrogen) atoms. The molecule has 0 atom stereocenters. The summed E-state index contributed by atoms with van der Waals surface area (Å²) in [5.41, 5.74) is 2.51. The highest BCUT2D eigenvalue weighted by atomic mass is 35.5. The molecule has 3 rings (SSSR count). The molecule has 2 aliphatic rings. The maximum absolute atomic E-state index is 12.3. The molecule has 1 saturated heterocycles. The van der Waals surface area contributed by atoms with Crippen molar-refractivity contribution in [1.82, 2.24) is 4.90 Å². The van der Waals surface area contributed by atoms with Gasteiger partial charge in [0.2, 0.25) is 5.91 Å². The Morgan fingerprint density at radius 1 is 1.28 bits per heavy atom. The second kappa shape index (κ2) is 10.2. The summed E-state index contributed by atoms with van der Waals surface area (Å²) >= 11 is 0. The van der Waals surface area contributed by atoms with E-state index in [9.17, 15) is 9.59 Å². The lowest BCUT2D eigenvalue weighted by Gasteiger charge is -2.37. The highest BCUT2D eigenvalue weighted by Gasteiger charge is 2.43. The summed E-state index contributed by atoms with van der Waals surface area (Å²) in [6, 6.07) is 7.83. The predicted molar refractivity (Wildman–Crippen MR) is 112 cm³/mol. The SMILES string of the molecule is CCOC(=O)CCC(=O)N1CCC2(CC1)CC(c1ccc(C=NN)cc1)=NO2.Cl. The van der Waals surface area contributed by atoms with E-state index in [-0.39, 0.29) is 42.7 Å². The van der Waals surface area contributed by atoms with Crippen molar-refractivity contribution in [3.63, 3.8) is 0 Å². The van der Waals surface area contributed by atoms with E-state index in [0.29, 0.717) is 19.7 Å². The molecule has 0 saturated carbocycles. The van der Waals surface area contributed by atoms with Crippen LogP contribution in [0.15, 0.2) is 34.5 Å². The number of carbonyl (C=O) groups excluding carboxylic acids is 2. The maximum atomic E-state index is 12.3. The molecule has 8 nitrogen and oxygen atoms in total. The summed E-state index contributed by atoms with van der Waals surface area (Å²) in [5.74, 6) is 4.83. The molecule has 1 aromatic rings. The quantitative estimate of drug-likeness (QED) is 0.327. The van der Waals surface area contributed by atoms with Crippen LogP contribution < -0.4 is 5.84 Å². The minimum absolute atomic E-state index is 0. The van der Waals surface area contributed by atoms with E-state index in [2.05, 4.69) is 10.3 Å². The van der Waals surface area contributed by atoms with Crippen LogP contribution in [-0.2, 0) is 19.2 Å². The molecule has 0 radical (unpaired) electrons. The molecular weight excluding hydrogens is 396 g/mol. The first kappa shape index (κ1) is 22.7. The van der Waals surface area contributed by atoms with Gasteiger partial charge in [-0.1, -0.05) is 29.4 Å². The van der Waals surface area contributed by atoms with Crippen molar-refractivity contribution >= 4 is 36.2 Å². The largest absolute Gasteiger partial charge is 0.466 e. The Labute approximate surface area is 176 Å². The lowest BCUT2D eigenvalue weighted by atomic mass is 9.85. The van der Waals surface area contributed by atoms with Crippen LogP contribution in [0.3, 0.4) is 0 Å².